The summed E-state index contributed by atoms with van der Waals surface area (Å²) in [5.74, 6) is 0.938. The van der Waals surface area contributed by atoms with E-state index in [2.05, 4.69) is 17.5 Å². The van der Waals surface area contributed by atoms with Crippen molar-refractivity contribution >= 4 is 34.2 Å². The molecule has 4 aliphatic carbocycles. The first-order valence-corrected chi connectivity index (χ1v) is 10.4. The third-order valence-corrected chi connectivity index (χ3v) is 7.38. The van der Waals surface area contributed by atoms with E-state index < -0.39 is 0 Å². The maximum absolute atomic E-state index is 13.0. The lowest BCUT2D eigenvalue weighted by atomic mass is 9.63. The normalized spacial score (nSPS) is 33.7. The van der Waals surface area contributed by atoms with Crippen molar-refractivity contribution < 1.29 is 14.4 Å². The number of carbonyl (C=O) groups is 3. The number of carbonyl (C=O) groups excluding carboxylic acids is 3. The topological polar surface area (TPSA) is 66.5 Å². The first-order valence-electron chi connectivity index (χ1n) is 10.4. The zero-order valence-corrected chi connectivity index (χ0v) is 16.0. The highest BCUT2D eigenvalue weighted by molar-refractivity contribution is 6.07. The number of nitrogens with one attached hydrogen (secondary N) is 1. The Kier molecular flexibility index (Phi) is 3.52. The van der Waals surface area contributed by atoms with Gasteiger partial charge in [0.05, 0.1) is 11.8 Å². The van der Waals surface area contributed by atoms with Crippen LogP contribution in [0.25, 0.3) is 10.8 Å². The predicted octanol–water partition coefficient (Wildman–Crippen LogP) is 3.22. The van der Waals surface area contributed by atoms with Crippen LogP contribution >= 0.6 is 0 Å². The van der Waals surface area contributed by atoms with Gasteiger partial charge >= 0.3 is 0 Å². The van der Waals surface area contributed by atoms with Crippen LogP contribution in [0.5, 0.6) is 0 Å². The van der Waals surface area contributed by atoms with E-state index in [1.54, 1.807) is 0 Å². The number of fused-ring (bicyclic) bond motifs is 1. The smallest absolute Gasteiger partial charge is 0.233 e. The van der Waals surface area contributed by atoms with Gasteiger partial charge in [0.1, 0.15) is 0 Å². The molecule has 29 heavy (non-hydrogen) atoms. The van der Waals surface area contributed by atoms with Gasteiger partial charge in [-0.15, -0.1) is 0 Å². The summed E-state index contributed by atoms with van der Waals surface area (Å²) in [4.78, 5) is 39.9. The third-order valence-electron chi connectivity index (χ3n) is 7.38. The Balaban J connectivity index is 1.15. The second kappa shape index (κ2) is 6.02. The number of allylic oxidation sites excluding steroid dienone is 2. The average Bonchev–Trinajstić information content (AvgIpc) is 3.52. The van der Waals surface area contributed by atoms with Crippen molar-refractivity contribution in [1.82, 2.24) is 4.90 Å². The first kappa shape index (κ1) is 17.0. The molecule has 5 aliphatic rings. The molecule has 2 saturated carbocycles. The largest absolute Gasteiger partial charge is 0.325 e. The third kappa shape index (κ3) is 2.43. The number of nitrogens with zero attached hydrogens (tertiary/aromatic N) is 1. The number of hydrogen-bond acceptors (Lipinski definition) is 3. The van der Waals surface area contributed by atoms with E-state index in [0.29, 0.717) is 11.8 Å². The molecule has 6 atom stereocenters. The highest BCUT2D eigenvalue weighted by Gasteiger charge is 2.66. The average molecular weight is 386 g/mol. The van der Waals surface area contributed by atoms with Crippen molar-refractivity contribution in [1.29, 1.82) is 0 Å². The fraction of sp³-hybridized carbons (Fsp3) is 0.375. The van der Waals surface area contributed by atoms with Gasteiger partial charge in [-0.05, 0) is 41.5 Å². The molecule has 0 spiro atoms. The molecule has 1 aliphatic heterocycles. The van der Waals surface area contributed by atoms with Crippen molar-refractivity contribution in [2.45, 2.75) is 12.8 Å². The van der Waals surface area contributed by atoms with E-state index >= 15 is 0 Å². The monoisotopic (exact) mass is 386 g/mol. The maximum Gasteiger partial charge on any atom is 0.233 e. The van der Waals surface area contributed by atoms with E-state index in [-0.39, 0.29) is 54.4 Å². The van der Waals surface area contributed by atoms with Gasteiger partial charge in [0.15, 0.2) is 0 Å². The summed E-state index contributed by atoms with van der Waals surface area (Å²) in [6.07, 6.45) is 5.61. The second-order valence-corrected chi connectivity index (χ2v) is 8.81. The van der Waals surface area contributed by atoms with Gasteiger partial charge in [0, 0.05) is 24.0 Å². The Hall–Kier alpha value is -2.95. The van der Waals surface area contributed by atoms with Gasteiger partial charge in [-0.25, -0.2) is 0 Å². The van der Waals surface area contributed by atoms with Crippen LogP contribution in [0.3, 0.4) is 0 Å². The Bertz CT molecular complexity index is 1050. The van der Waals surface area contributed by atoms with Crippen LogP contribution in [0.4, 0.5) is 5.69 Å². The summed E-state index contributed by atoms with van der Waals surface area (Å²) in [7, 11) is 0. The molecule has 5 nitrogen and oxygen atoms in total. The zero-order valence-electron chi connectivity index (χ0n) is 16.0. The van der Waals surface area contributed by atoms with Crippen molar-refractivity contribution in [2.75, 3.05) is 11.9 Å². The minimum absolute atomic E-state index is 0.0670. The zero-order chi connectivity index (χ0) is 19.7. The van der Waals surface area contributed by atoms with Crippen molar-refractivity contribution in [3.05, 3.63) is 54.6 Å². The Morgan fingerprint density at radius 2 is 1.59 bits per heavy atom. The summed E-state index contributed by atoms with van der Waals surface area (Å²) < 4.78 is 0. The molecule has 7 rings (SSSR count). The molecular formula is C24H22N2O3. The summed E-state index contributed by atoms with van der Waals surface area (Å²) in [6, 6.07) is 13.7. The van der Waals surface area contributed by atoms with Gasteiger partial charge in [0.2, 0.25) is 17.7 Å². The van der Waals surface area contributed by atoms with Gasteiger partial charge in [-0.2, -0.15) is 0 Å². The molecule has 3 amide bonds. The molecule has 1 saturated heterocycles. The summed E-state index contributed by atoms with van der Waals surface area (Å²) in [5.41, 5.74) is 0.753. The molecule has 2 bridgehead atoms. The van der Waals surface area contributed by atoms with Crippen molar-refractivity contribution in [3.63, 3.8) is 0 Å². The number of likely N-dealkylation sites (tertiary alicyclic amines) is 1. The molecule has 1 N–H and O–H groups in total. The number of imide groups is 1. The standard InChI is InChI=1S/C24H22N2O3/c27-20(25-19-7-3-5-13-4-1-2-6-14(13)19)10-11-26-23(28)21-15-8-9-16(18-12-17(15)18)22(21)24(26)29/h1-9,15-18,21-22H,10-12H2,(H,25,27)/t15-,16+,17-,18-,21+,22-/m1/s1. The van der Waals surface area contributed by atoms with Crippen LogP contribution < -0.4 is 5.32 Å². The molecule has 2 aromatic rings. The van der Waals surface area contributed by atoms with Crippen LogP contribution in [0, 0.1) is 35.5 Å². The molecule has 0 aromatic heterocycles. The molecule has 2 aromatic carbocycles. The predicted molar refractivity (Wildman–Crippen MR) is 109 cm³/mol. The number of anilines is 1. The molecule has 1 heterocycles. The summed E-state index contributed by atoms with van der Waals surface area (Å²) in [5, 5.41) is 4.98. The molecule has 0 radical (unpaired) electrons. The van der Waals surface area contributed by atoms with Crippen LogP contribution in [0.2, 0.25) is 0 Å². The van der Waals surface area contributed by atoms with Crippen LogP contribution in [-0.4, -0.2) is 29.2 Å². The first-order chi connectivity index (χ1) is 14.1. The second-order valence-electron chi connectivity index (χ2n) is 8.81. The maximum atomic E-state index is 13.0. The minimum atomic E-state index is -0.192. The van der Waals surface area contributed by atoms with Crippen LogP contribution in [0.15, 0.2) is 54.6 Å². The molecular weight excluding hydrogens is 364 g/mol. The number of benzene rings is 2. The van der Waals surface area contributed by atoms with Gasteiger partial charge in [0.25, 0.3) is 0 Å². The lowest BCUT2D eigenvalue weighted by Gasteiger charge is -2.37. The van der Waals surface area contributed by atoms with E-state index in [1.807, 2.05) is 42.5 Å². The molecule has 0 unspecified atom stereocenters. The van der Waals surface area contributed by atoms with Gasteiger partial charge in [-0.3, -0.25) is 19.3 Å². The molecule has 146 valence electrons. The summed E-state index contributed by atoms with van der Waals surface area (Å²) >= 11 is 0. The molecule has 5 heteroatoms. The van der Waals surface area contributed by atoms with Crippen molar-refractivity contribution in [3.8, 4) is 0 Å². The van der Waals surface area contributed by atoms with Gasteiger partial charge < -0.3 is 5.32 Å². The fourth-order valence-electron chi connectivity index (χ4n) is 6.00. The Morgan fingerprint density at radius 3 is 2.31 bits per heavy atom. The fourth-order valence-corrected chi connectivity index (χ4v) is 6.00. The van der Waals surface area contributed by atoms with E-state index in [4.69, 9.17) is 0 Å². The summed E-state index contributed by atoms with van der Waals surface area (Å²) in [6.45, 7) is 0.163. The number of hydrogen-bond donors (Lipinski definition) is 1. The molecule has 3 fully saturated rings. The quantitative estimate of drug-likeness (QED) is 0.648. The van der Waals surface area contributed by atoms with Crippen molar-refractivity contribution in [2.24, 2.45) is 35.5 Å². The highest BCUT2D eigenvalue weighted by atomic mass is 16.2. The highest BCUT2D eigenvalue weighted by Crippen LogP contribution is 2.65. The minimum Gasteiger partial charge on any atom is -0.325 e. The lowest BCUT2D eigenvalue weighted by Crippen LogP contribution is -2.40. The SMILES string of the molecule is O=C(CCN1C(=O)[C@@H]2[C@H]3C=C[C@H]([C@H]4C[C@H]34)[C@@H]2C1=O)Nc1cccc2ccccc12. The van der Waals surface area contributed by atoms with Gasteiger partial charge in [-0.1, -0.05) is 48.6 Å². The Morgan fingerprint density at radius 1 is 0.931 bits per heavy atom. The number of amides is 3. The Labute approximate surface area is 168 Å². The van der Waals surface area contributed by atoms with Crippen LogP contribution in [-0.2, 0) is 14.4 Å². The van der Waals surface area contributed by atoms with E-state index in [0.717, 1.165) is 22.9 Å². The van der Waals surface area contributed by atoms with Crippen LogP contribution in [0.1, 0.15) is 12.8 Å². The van der Waals surface area contributed by atoms with E-state index in [1.165, 1.54) is 4.90 Å². The number of rotatable bonds is 4. The van der Waals surface area contributed by atoms with E-state index in [9.17, 15) is 14.4 Å². The lowest BCUT2D eigenvalue weighted by molar-refractivity contribution is -0.140.